The summed E-state index contributed by atoms with van der Waals surface area (Å²) in [7, 11) is 0. The molecule has 0 radical (unpaired) electrons. The number of esters is 1. The van der Waals surface area contributed by atoms with Gasteiger partial charge in [0.05, 0.1) is 13.2 Å². The van der Waals surface area contributed by atoms with Crippen LogP contribution in [-0.2, 0) is 16.1 Å². The molecule has 1 atom stereocenters. The van der Waals surface area contributed by atoms with Crippen molar-refractivity contribution < 1.29 is 14.3 Å². The van der Waals surface area contributed by atoms with Gasteiger partial charge < -0.3 is 15.0 Å². The van der Waals surface area contributed by atoms with Gasteiger partial charge >= 0.3 is 12.0 Å². The first-order valence-corrected chi connectivity index (χ1v) is 11.7. The molecule has 3 heterocycles. The fourth-order valence-electron chi connectivity index (χ4n) is 4.33. The Bertz CT molecular complexity index is 1160. The van der Waals surface area contributed by atoms with Crippen LogP contribution >= 0.6 is 0 Å². The maximum Gasteiger partial charge on any atom is 0.328 e. The Labute approximate surface area is 199 Å². The van der Waals surface area contributed by atoms with Crippen LogP contribution in [0.3, 0.4) is 0 Å². The van der Waals surface area contributed by atoms with Crippen LogP contribution in [0.5, 0.6) is 0 Å². The summed E-state index contributed by atoms with van der Waals surface area (Å²) >= 11 is 0. The van der Waals surface area contributed by atoms with Crippen molar-refractivity contribution in [3.63, 3.8) is 0 Å². The molecule has 0 unspecified atom stereocenters. The number of nitrogens with one attached hydrogen (secondary N) is 1. The molecule has 0 spiro atoms. The molecule has 0 bridgehead atoms. The molecule has 1 fully saturated rings. The normalized spacial score (nSPS) is 15.4. The fraction of sp³-hybridized carbons (Fsp3) is 0.440. The molecule has 0 saturated carbocycles. The molecule has 1 N–H and O–H groups in total. The zero-order valence-electron chi connectivity index (χ0n) is 20.2. The number of aryl methyl sites for hydroxylation is 2. The minimum atomic E-state index is -0.671. The van der Waals surface area contributed by atoms with Gasteiger partial charge in [-0.3, -0.25) is 9.47 Å². The molecule has 1 aromatic carbocycles. The number of hydrogen-bond acceptors (Lipinski definition) is 6. The second-order valence-corrected chi connectivity index (χ2v) is 8.74. The second kappa shape index (κ2) is 10.2. The molecule has 1 aliphatic heterocycles. The van der Waals surface area contributed by atoms with Crippen LogP contribution in [0.25, 0.3) is 16.9 Å². The smallest absolute Gasteiger partial charge is 0.328 e. The van der Waals surface area contributed by atoms with E-state index >= 15 is 0 Å². The number of rotatable bonds is 6. The number of imidazole rings is 1. The summed E-state index contributed by atoms with van der Waals surface area (Å²) < 4.78 is 7.10. The maximum absolute atomic E-state index is 12.6. The topological polar surface area (TPSA) is 92.6 Å². The van der Waals surface area contributed by atoms with Gasteiger partial charge in [0, 0.05) is 38.1 Å². The number of aromatic nitrogens is 3. The number of carbonyl (C=O) groups is 2. The molecular formula is C25H32N6O3. The van der Waals surface area contributed by atoms with Gasteiger partial charge in [-0.25, -0.2) is 19.6 Å². The Morgan fingerprint density at radius 1 is 1.12 bits per heavy atom. The van der Waals surface area contributed by atoms with E-state index in [-0.39, 0.29) is 6.03 Å². The molecule has 2 amide bonds. The quantitative estimate of drug-likeness (QED) is 0.564. The Morgan fingerprint density at radius 2 is 1.82 bits per heavy atom. The average molecular weight is 465 g/mol. The number of hydrogen-bond donors (Lipinski definition) is 1. The van der Waals surface area contributed by atoms with Crippen molar-refractivity contribution in [2.45, 2.75) is 40.3 Å². The van der Waals surface area contributed by atoms with Gasteiger partial charge in [-0.2, -0.15) is 0 Å². The van der Waals surface area contributed by atoms with E-state index in [1.807, 2.05) is 12.1 Å². The van der Waals surface area contributed by atoms with Gasteiger partial charge in [0.1, 0.15) is 17.4 Å². The lowest BCUT2D eigenvalue weighted by Gasteiger charge is -2.35. The number of urea groups is 1. The van der Waals surface area contributed by atoms with Gasteiger partial charge in [-0.15, -0.1) is 0 Å². The Hall–Kier alpha value is -3.46. The number of fused-ring (bicyclic) bond motifs is 1. The summed E-state index contributed by atoms with van der Waals surface area (Å²) in [5.41, 5.74) is 5.14. The fourth-order valence-corrected chi connectivity index (χ4v) is 4.33. The maximum atomic E-state index is 12.6. The van der Waals surface area contributed by atoms with E-state index in [9.17, 15) is 9.59 Å². The predicted octanol–water partition coefficient (Wildman–Crippen LogP) is 2.82. The molecule has 9 heteroatoms. The SMILES string of the molecule is CCOC(=O)[C@@H](C)NC(=O)N1CCN(Cc2nc3cccnc3n2-c2cc(C)cc(C)c2)CC1. The minimum Gasteiger partial charge on any atom is -0.464 e. The third-order valence-electron chi connectivity index (χ3n) is 5.95. The molecule has 2 aromatic heterocycles. The summed E-state index contributed by atoms with van der Waals surface area (Å²) in [5, 5.41) is 2.73. The Kier molecular flexibility index (Phi) is 7.12. The highest BCUT2D eigenvalue weighted by molar-refractivity contribution is 5.83. The lowest BCUT2D eigenvalue weighted by Crippen LogP contribution is -2.54. The van der Waals surface area contributed by atoms with Crippen molar-refractivity contribution >= 4 is 23.2 Å². The van der Waals surface area contributed by atoms with E-state index < -0.39 is 12.0 Å². The number of amides is 2. The number of ether oxygens (including phenoxy) is 1. The van der Waals surface area contributed by atoms with Gasteiger partial charge in [0.25, 0.3) is 0 Å². The van der Waals surface area contributed by atoms with Crippen molar-refractivity contribution in [1.82, 2.24) is 29.7 Å². The van der Waals surface area contributed by atoms with Crippen LogP contribution in [0, 0.1) is 13.8 Å². The third-order valence-corrected chi connectivity index (χ3v) is 5.95. The molecule has 4 rings (SSSR count). The molecule has 9 nitrogen and oxygen atoms in total. The van der Waals surface area contributed by atoms with Crippen LogP contribution in [0.15, 0.2) is 36.5 Å². The number of piperazine rings is 1. The summed E-state index contributed by atoms with van der Waals surface area (Å²) in [6.07, 6.45) is 1.79. The Morgan fingerprint density at radius 3 is 2.50 bits per heavy atom. The van der Waals surface area contributed by atoms with Crippen LogP contribution in [-0.4, -0.2) is 75.2 Å². The number of nitrogens with zero attached hydrogens (tertiary/aromatic N) is 5. The van der Waals surface area contributed by atoms with Crippen molar-refractivity contribution in [2.24, 2.45) is 0 Å². The van der Waals surface area contributed by atoms with E-state index in [0.29, 0.717) is 39.3 Å². The van der Waals surface area contributed by atoms with Gasteiger partial charge in [-0.05, 0) is 63.1 Å². The molecule has 1 saturated heterocycles. The van der Waals surface area contributed by atoms with Crippen LogP contribution < -0.4 is 5.32 Å². The summed E-state index contributed by atoms with van der Waals surface area (Å²) in [6, 6.07) is 9.43. The minimum absolute atomic E-state index is 0.244. The standard InChI is InChI=1S/C25H32N6O3/c1-5-34-24(32)19(4)27-25(33)30-11-9-29(10-12-30)16-22-28-21-7-6-8-26-23(21)31(22)20-14-17(2)13-18(3)15-20/h6-8,13-15,19H,5,9-12,16H2,1-4H3,(H,27,33)/t19-/m1/s1. The molecule has 3 aromatic rings. The highest BCUT2D eigenvalue weighted by Gasteiger charge is 2.26. The van der Waals surface area contributed by atoms with Crippen molar-refractivity contribution in [2.75, 3.05) is 32.8 Å². The first-order valence-electron chi connectivity index (χ1n) is 11.7. The van der Waals surface area contributed by atoms with E-state index in [0.717, 1.165) is 22.7 Å². The zero-order valence-corrected chi connectivity index (χ0v) is 20.2. The van der Waals surface area contributed by atoms with Gasteiger partial charge in [-0.1, -0.05) is 6.07 Å². The Balaban J connectivity index is 1.46. The third kappa shape index (κ3) is 5.20. The van der Waals surface area contributed by atoms with Crippen molar-refractivity contribution in [3.05, 3.63) is 53.5 Å². The van der Waals surface area contributed by atoms with E-state index in [4.69, 9.17) is 9.72 Å². The molecule has 34 heavy (non-hydrogen) atoms. The zero-order chi connectivity index (χ0) is 24.2. The first-order chi connectivity index (χ1) is 16.4. The summed E-state index contributed by atoms with van der Waals surface area (Å²) in [4.78, 5) is 37.9. The highest BCUT2D eigenvalue weighted by atomic mass is 16.5. The number of benzene rings is 1. The first kappa shape index (κ1) is 23.7. The lowest BCUT2D eigenvalue weighted by molar-refractivity contribution is -0.144. The van der Waals surface area contributed by atoms with Crippen molar-refractivity contribution in [1.29, 1.82) is 0 Å². The van der Waals surface area contributed by atoms with Crippen molar-refractivity contribution in [3.8, 4) is 5.69 Å². The summed E-state index contributed by atoms with van der Waals surface area (Å²) in [6.45, 7) is 11.1. The molecule has 1 aliphatic rings. The number of carbonyl (C=O) groups excluding carboxylic acids is 2. The van der Waals surface area contributed by atoms with E-state index in [1.54, 1.807) is 24.9 Å². The van der Waals surface area contributed by atoms with Crippen LogP contribution in [0.2, 0.25) is 0 Å². The van der Waals surface area contributed by atoms with E-state index in [1.165, 1.54) is 11.1 Å². The number of pyridine rings is 1. The highest BCUT2D eigenvalue weighted by Crippen LogP contribution is 2.23. The predicted molar refractivity (Wildman–Crippen MR) is 130 cm³/mol. The molecule has 180 valence electrons. The second-order valence-electron chi connectivity index (χ2n) is 8.74. The lowest BCUT2D eigenvalue weighted by atomic mass is 10.1. The largest absolute Gasteiger partial charge is 0.464 e. The average Bonchev–Trinajstić information content (AvgIpc) is 3.16. The molecule has 0 aliphatic carbocycles. The monoisotopic (exact) mass is 464 g/mol. The van der Waals surface area contributed by atoms with Gasteiger partial charge in [0.2, 0.25) is 0 Å². The summed E-state index contributed by atoms with van der Waals surface area (Å²) in [5.74, 6) is 0.501. The molecular weight excluding hydrogens is 432 g/mol. The van der Waals surface area contributed by atoms with Gasteiger partial charge in [0.15, 0.2) is 5.65 Å². The van der Waals surface area contributed by atoms with E-state index in [2.05, 4.69) is 51.8 Å². The van der Waals surface area contributed by atoms with Crippen LogP contribution in [0.1, 0.15) is 30.8 Å². The van der Waals surface area contributed by atoms with Crippen LogP contribution in [0.4, 0.5) is 4.79 Å².